The Morgan fingerprint density at radius 2 is 1.12 bits per heavy atom. The van der Waals surface area contributed by atoms with E-state index >= 15 is 0 Å². The molecule has 13 nitrogen and oxygen atoms in total. The molecule has 0 saturated carbocycles. The molecule has 0 unspecified atom stereocenters. The molecule has 184 valence electrons. The van der Waals surface area contributed by atoms with Crippen molar-refractivity contribution in [2.24, 2.45) is 0 Å². The van der Waals surface area contributed by atoms with Crippen LogP contribution in [-0.2, 0) is 33.6 Å². The molecule has 2 aliphatic heterocycles. The molecule has 6 amide bonds. The van der Waals surface area contributed by atoms with Gasteiger partial charge in [0, 0.05) is 50.2 Å². The van der Waals surface area contributed by atoms with Crippen LogP contribution in [0.15, 0.2) is 24.3 Å². The van der Waals surface area contributed by atoms with Crippen molar-refractivity contribution >= 4 is 41.4 Å². The molecule has 0 fully saturated rings. The van der Waals surface area contributed by atoms with E-state index in [4.69, 9.17) is 0 Å². The largest absolute Gasteiger partial charge is 0.544 e. The number of rotatable bonds is 14. The number of likely N-dealkylation sites (N-methyl/N-ethyl adjacent to an activating group) is 1. The summed E-state index contributed by atoms with van der Waals surface area (Å²) in [6.45, 7) is 0.238. The predicted molar refractivity (Wildman–Crippen MR) is 113 cm³/mol. The van der Waals surface area contributed by atoms with Gasteiger partial charge < -0.3 is 25.0 Å². The smallest absolute Gasteiger partial charge is 0.253 e. The highest BCUT2D eigenvalue weighted by Crippen LogP contribution is 2.05. The molecule has 34 heavy (non-hydrogen) atoms. The van der Waals surface area contributed by atoms with E-state index in [9.17, 15) is 38.7 Å². The lowest BCUT2D eigenvalue weighted by atomic mass is 10.3. The van der Waals surface area contributed by atoms with Crippen molar-refractivity contribution in [1.29, 1.82) is 0 Å². The van der Waals surface area contributed by atoms with Gasteiger partial charge in [-0.2, -0.15) is 0 Å². The quantitative estimate of drug-likeness (QED) is 0.188. The van der Waals surface area contributed by atoms with E-state index in [1.807, 2.05) is 0 Å². The molecular weight excluding hydrogens is 450 g/mol. The molecule has 13 heteroatoms. The molecule has 0 aromatic heterocycles. The Kier molecular flexibility index (Phi) is 9.18. The molecule has 0 aromatic carbocycles. The lowest BCUT2D eigenvalue weighted by Gasteiger charge is -2.35. The summed E-state index contributed by atoms with van der Waals surface area (Å²) < 4.78 is -0.0388. The minimum Gasteiger partial charge on any atom is -0.544 e. The maximum atomic E-state index is 12.0. The van der Waals surface area contributed by atoms with Gasteiger partial charge in [-0.15, -0.1) is 0 Å². The van der Waals surface area contributed by atoms with E-state index in [2.05, 4.69) is 10.6 Å². The average Bonchev–Trinajstić information content (AvgIpc) is 3.24. The summed E-state index contributed by atoms with van der Waals surface area (Å²) in [4.78, 5) is 83.1. The normalized spacial score (nSPS) is 15.4. The Labute approximate surface area is 195 Å². The number of carbonyl (C=O) groups excluding carboxylic acids is 7. The lowest BCUT2D eigenvalue weighted by Crippen LogP contribution is -2.56. The van der Waals surface area contributed by atoms with Gasteiger partial charge in [-0.25, -0.2) is 0 Å². The number of carboxylic acid groups (broad SMARTS) is 1. The fourth-order valence-corrected chi connectivity index (χ4v) is 3.42. The van der Waals surface area contributed by atoms with Crippen LogP contribution in [0.25, 0.3) is 0 Å². The molecular formula is C21H27N5O8. The number of nitrogens with one attached hydrogen (secondary N) is 2. The summed E-state index contributed by atoms with van der Waals surface area (Å²) in [5.41, 5.74) is 0. The first-order chi connectivity index (χ1) is 16.0. The van der Waals surface area contributed by atoms with E-state index in [0.717, 1.165) is 34.1 Å². The second-order valence-electron chi connectivity index (χ2n) is 8.12. The van der Waals surface area contributed by atoms with Crippen LogP contribution in [0.2, 0.25) is 0 Å². The van der Waals surface area contributed by atoms with E-state index < -0.39 is 41.4 Å². The highest BCUT2D eigenvalue weighted by Gasteiger charge is 2.26. The van der Waals surface area contributed by atoms with Gasteiger partial charge in [-0.1, -0.05) is 0 Å². The van der Waals surface area contributed by atoms with Crippen LogP contribution >= 0.6 is 0 Å². The standard InChI is InChI=1S/C21H27N5O8/c1-26(14-21(33)34,12-8-22-15(27)6-10-24-17(29)2-3-18(24)30)13-9-23-16(28)7-11-25-19(31)4-5-20(25)32/h2-5H,6-14H2,1H3,(H2-,22,23,27,28,33,34). The molecule has 0 radical (unpaired) electrons. The van der Waals surface area contributed by atoms with E-state index in [1.165, 1.54) is 0 Å². The van der Waals surface area contributed by atoms with Gasteiger partial charge in [0.25, 0.3) is 23.6 Å². The van der Waals surface area contributed by atoms with Gasteiger partial charge in [-0.3, -0.25) is 38.6 Å². The molecule has 0 atom stereocenters. The van der Waals surface area contributed by atoms with E-state index in [0.29, 0.717) is 0 Å². The van der Waals surface area contributed by atoms with Crippen molar-refractivity contribution in [1.82, 2.24) is 20.4 Å². The summed E-state index contributed by atoms with van der Waals surface area (Å²) in [6, 6.07) is 0. The zero-order valence-electron chi connectivity index (χ0n) is 18.8. The first-order valence-corrected chi connectivity index (χ1v) is 10.6. The van der Waals surface area contributed by atoms with Crippen LogP contribution in [0.1, 0.15) is 12.8 Å². The van der Waals surface area contributed by atoms with Gasteiger partial charge in [0.1, 0.15) is 6.54 Å². The number of hydrogen-bond donors (Lipinski definition) is 2. The number of hydrogen-bond acceptors (Lipinski definition) is 8. The third-order valence-corrected chi connectivity index (χ3v) is 5.38. The summed E-state index contributed by atoms with van der Waals surface area (Å²) in [5, 5.41) is 16.4. The summed E-state index contributed by atoms with van der Waals surface area (Å²) in [7, 11) is 1.63. The molecule has 2 aliphatic rings. The second kappa shape index (κ2) is 11.8. The zero-order valence-corrected chi connectivity index (χ0v) is 18.8. The second-order valence-corrected chi connectivity index (χ2v) is 8.12. The number of carboxylic acids is 1. The average molecular weight is 477 g/mol. The first-order valence-electron chi connectivity index (χ1n) is 10.6. The number of aliphatic carboxylic acids is 1. The molecule has 0 bridgehead atoms. The van der Waals surface area contributed by atoms with Crippen LogP contribution in [0.4, 0.5) is 0 Å². The van der Waals surface area contributed by atoms with E-state index in [-0.39, 0.29) is 63.1 Å². The molecule has 0 aliphatic carbocycles. The number of nitrogens with zero attached hydrogens (tertiary/aromatic N) is 3. The van der Waals surface area contributed by atoms with E-state index in [1.54, 1.807) is 7.05 Å². The Bertz CT molecular complexity index is 841. The number of amides is 6. The number of carbonyl (C=O) groups is 7. The molecule has 0 aromatic rings. The zero-order chi connectivity index (χ0) is 25.3. The molecule has 0 spiro atoms. The van der Waals surface area contributed by atoms with Crippen molar-refractivity contribution < 1.29 is 43.2 Å². The summed E-state index contributed by atoms with van der Waals surface area (Å²) in [6.07, 6.45) is 4.35. The maximum absolute atomic E-state index is 12.0. The Balaban J connectivity index is 1.71. The fourth-order valence-electron chi connectivity index (χ4n) is 3.42. The highest BCUT2D eigenvalue weighted by atomic mass is 16.4. The van der Waals surface area contributed by atoms with Gasteiger partial charge in [0.2, 0.25) is 11.8 Å². The SMILES string of the molecule is C[N+](CCNC(=O)CCN1C(=O)C=CC1=O)(CCNC(=O)CCN1C(=O)C=CC1=O)CC(=O)[O-]. The monoisotopic (exact) mass is 477 g/mol. The highest BCUT2D eigenvalue weighted by molar-refractivity contribution is 6.13. The van der Waals surface area contributed by atoms with Crippen LogP contribution in [0, 0.1) is 0 Å². The third kappa shape index (κ3) is 7.92. The Morgan fingerprint density at radius 3 is 1.44 bits per heavy atom. The minimum atomic E-state index is -1.29. The Hall–Kier alpha value is -3.87. The maximum Gasteiger partial charge on any atom is 0.253 e. The van der Waals surface area contributed by atoms with Crippen LogP contribution < -0.4 is 15.7 Å². The van der Waals surface area contributed by atoms with Crippen LogP contribution in [0.5, 0.6) is 0 Å². The van der Waals surface area contributed by atoms with Crippen LogP contribution in [-0.4, -0.2) is 109 Å². The number of imide groups is 2. The van der Waals surface area contributed by atoms with Crippen molar-refractivity contribution in [3.05, 3.63) is 24.3 Å². The minimum absolute atomic E-state index is 0.0388. The van der Waals surface area contributed by atoms with Gasteiger partial charge >= 0.3 is 0 Å². The van der Waals surface area contributed by atoms with Gasteiger partial charge in [0.05, 0.1) is 39.2 Å². The molecule has 2 N–H and O–H groups in total. The van der Waals surface area contributed by atoms with Crippen molar-refractivity contribution in [3.8, 4) is 0 Å². The van der Waals surface area contributed by atoms with Crippen molar-refractivity contribution in [2.45, 2.75) is 12.8 Å². The molecule has 2 heterocycles. The molecule has 0 saturated heterocycles. The van der Waals surface area contributed by atoms with Gasteiger partial charge in [0.15, 0.2) is 0 Å². The lowest BCUT2D eigenvalue weighted by molar-refractivity contribution is -0.901. The van der Waals surface area contributed by atoms with Crippen molar-refractivity contribution in [3.63, 3.8) is 0 Å². The fraction of sp³-hybridized carbons (Fsp3) is 0.476. The first kappa shape index (κ1) is 26.4. The summed E-state index contributed by atoms with van der Waals surface area (Å²) >= 11 is 0. The van der Waals surface area contributed by atoms with Crippen LogP contribution in [0.3, 0.4) is 0 Å². The molecule has 2 rings (SSSR count). The van der Waals surface area contributed by atoms with Crippen molar-refractivity contribution in [2.75, 3.05) is 52.9 Å². The number of quaternary nitrogens is 1. The Morgan fingerprint density at radius 1 is 0.765 bits per heavy atom. The predicted octanol–water partition coefficient (Wildman–Crippen LogP) is -3.95. The summed E-state index contributed by atoms with van der Waals surface area (Å²) in [5.74, 6) is -4.01. The van der Waals surface area contributed by atoms with Gasteiger partial charge in [-0.05, 0) is 0 Å². The third-order valence-electron chi connectivity index (χ3n) is 5.38. The topological polar surface area (TPSA) is 173 Å².